The molecule has 0 saturated heterocycles. The molecule has 0 fully saturated rings. The number of para-hydroxylation sites is 1. The fraction of sp³-hybridized carbons (Fsp3) is 0.375. The normalized spacial score (nSPS) is 12.8. The molecule has 8 heteroatoms. The zero-order valence-electron chi connectivity index (χ0n) is 24.1. The Morgan fingerprint density at radius 2 is 1.48 bits per heavy atom. The van der Waals surface area contributed by atoms with Crippen LogP contribution in [0.4, 0.5) is 5.69 Å². The van der Waals surface area contributed by atoms with Crippen LogP contribution < -0.4 is 9.62 Å². The van der Waals surface area contributed by atoms with E-state index < -0.39 is 28.5 Å². The van der Waals surface area contributed by atoms with Gasteiger partial charge in [0.15, 0.2) is 0 Å². The van der Waals surface area contributed by atoms with Gasteiger partial charge in [0.2, 0.25) is 11.8 Å². The molecule has 0 saturated carbocycles. The van der Waals surface area contributed by atoms with Crippen LogP contribution in [0, 0.1) is 6.92 Å². The van der Waals surface area contributed by atoms with Crippen molar-refractivity contribution in [1.29, 1.82) is 0 Å². The zero-order chi connectivity index (χ0) is 29.3. The van der Waals surface area contributed by atoms with Crippen molar-refractivity contribution in [2.75, 3.05) is 10.8 Å². The zero-order valence-corrected chi connectivity index (χ0v) is 24.9. The number of anilines is 1. The molecule has 2 atom stereocenters. The Labute approximate surface area is 239 Å². The van der Waals surface area contributed by atoms with Crippen molar-refractivity contribution in [2.45, 2.75) is 77.4 Å². The first-order valence-corrected chi connectivity index (χ1v) is 15.4. The number of benzene rings is 3. The van der Waals surface area contributed by atoms with Gasteiger partial charge in [0, 0.05) is 12.6 Å². The van der Waals surface area contributed by atoms with E-state index in [0.29, 0.717) is 18.5 Å². The lowest BCUT2D eigenvalue weighted by Gasteiger charge is -2.34. The molecule has 0 aliphatic rings. The van der Waals surface area contributed by atoms with Crippen LogP contribution in [0.25, 0.3) is 0 Å². The molecule has 3 rings (SSSR count). The van der Waals surface area contributed by atoms with Gasteiger partial charge in [-0.15, -0.1) is 0 Å². The van der Waals surface area contributed by atoms with Gasteiger partial charge in [-0.3, -0.25) is 13.9 Å². The topological polar surface area (TPSA) is 86.8 Å². The number of sulfonamides is 1. The van der Waals surface area contributed by atoms with Crippen LogP contribution in [0.5, 0.6) is 0 Å². The molecule has 0 heterocycles. The number of carbonyl (C=O) groups excluding carboxylic acids is 2. The van der Waals surface area contributed by atoms with Crippen LogP contribution in [-0.4, -0.2) is 43.8 Å². The fourth-order valence-electron chi connectivity index (χ4n) is 4.54. The van der Waals surface area contributed by atoms with Crippen LogP contribution in [0.15, 0.2) is 83.8 Å². The van der Waals surface area contributed by atoms with Crippen molar-refractivity contribution in [3.63, 3.8) is 0 Å². The van der Waals surface area contributed by atoms with Gasteiger partial charge >= 0.3 is 0 Å². The second-order valence-corrected chi connectivity index (χ2v) is 11.9. The fourth-order valence-corrected chi connectivity index (χ4v) is 6.00. The maximum atomic E-state index is 14.2. The van der Waals surface area contributed by atoms with Gasteiger partial charge in [-0.2, -0.15) is 0 Å². The highest BCUT2D eigenvalue weighted by atomic mass is 32.2. The number of nitrogens with one attached hydrogen (secondary N) is 1. The number of hydrogen-bond donors (Lipinski definition) is 1. The molecule has 3 aromatic carbocycles. The molecule has 0 aromatic heterocycles. The molecule has 1 N–H and O–H groups in total. The van der Waals surface area contributed by atoms with Crippen molar-refractivity contribution in [3.05, 3.63) is 95.6 Å². The minimum absolute atomic E-state index is 0.0509. The number of rotatable bonds is 13. The summed E-state index contributed by atoms with van der Waals surface area (Å²) in [6.45, 7) is 9.35. The van der Waals surface area contributed by atoms with Crippen LogP contribution in [-0.2, 0) is 32.6 Å². The van der Waals surface area contributed by atoms with Crippen molar-refractivity contribution >= 4 is 27.5 Å². The van der Waals surface area contributed by atoms with Crippen molar-refractivity contribution in [3.8, 4) is 0 Å². The average Bonchev–Trinajstić information content (AvgIpc) is 2.96. The Morgan fingerprint density at radius 3 is 2.08 bits per heavy atom. The summed E-state index contributed by atoms with van der Waals surface area (Å²) in [5.74, 6) is -0.695. The monoisotopic (exact) mass is 563 g/mol. The lowest BCUT2D eigenvalue weighted by Crippen LogP contribution is -2.53. The van der Waals surface area contributed by atoms with Gasteiger partial charge in [0.1, 0.15) is 12.6 Å². The molecule has 0 radical (unpaired) electrons. The second kappa shape index (κ2) is 14.1. The summed E-state index contributed by atoms with van der Waals surface area (Å²) in [5, 5.41) is 3.00. The molecule has 0 unspecified atom stereocenters. The first-order valence-electron chi connectivity index (χ1n) is 13.9. The largest absolute Gasteiger partial charge is 0.352 e. The number of amides is 2. The minimum Gasteiger partial charge on any atom is -0.352 e. The van der Waals surface area contributed by atoms with Crippen molar-refractivity contribution in [2.24, 2.45) is 0 Å². The van der Waals surface area contributed by atoms with Crippen LogP contribution in [0.2, 0.25) is 0 Å². The molecule has 0 bridgehead atoms. The van der Waals surface area contributed by atoms with E-state index in [1.807, 2.05) is 77.1 Å². The van der Waals surface area contributed by atoms with E-state index >= 15 is 0 Å². The van der Waals surface area contributed by atoms with E-state index in [-0.39, 0.29) is 23.4 Å². The van der Waals surface area contributed by atoms with E-state index in [4.69, 9.17) is 0 Å². The SMILES string of the molecule is CCc1ccccc1N(CC(=O)N(Cc1ccccc1)[C@@H](CC)C(=O)N[C@H](C)CC)S(=O)(=O)c1ccc(C)cc1. The third kappa shape index (κ3) is 7.50. The van der Waals surface area contributed by atoms with Gasteiger partial charge in [0.25, 0.3) is 10.0 Å². The quantitative estimate of drug-likeness (QED) is 0.299. The van der Waals surface area contributed by atoms with Gasteiger partial charge in [-0.1, -0.05) is 87.0 Å². The summed E-state index contributed by atoms with van der Waals surface area (Å²) in [7, 11) is -4.10. The summed E-state index contributed by atoms with van der Waals surface area (Å²) in [5.41, 5.74) is 3.05. The number of nitrogens with zero attached hydrogens (tertiary/aromatic N) is 2. The summed E-state index contributed by atoms with van der Waals surface area (Å²) in [6.07, 6.45) is 1.73. The number of aryl methyl sites for hydroxylation is 2. The molecule has 0 spiro atoms. The van der Waals surface area contributed by atoms with E-state index in [1.165, 1.54) is 9.21 Å². The highest BCUT2D eigenvalue weighted by Crippen LogP contribution is 2.28. The van der Waals surface area contributed by atoms with E-state index in [0.717, 1.165) is 23.1 Å². The van der Waals surface area contributed by atoms with Gasteiger partial charge < -0.3 is 10.2 Å². The molecule has 7 nitrogen and oxygen atoms in total. The van der Waals surface area contributed by atoms with Gasteiger partial charge in [-0.25, -0.2) is 8.42 Å². The predicted molar refractivity (Wildman–Crippen MR) is 160 cm³/mol. The molecule has 3 aromatic rings. The maximum absolute atomic E-state index is 14.2. The van der Waals surface area contributed by atoms with Gasteiger partial charge in [0.05, 0.1) is 10.6 Å². The van der Waals surface area contributed by atoms with Crippen molar-refractivity contribution in [1.82, 2.24) is 10.2 Å². The van der Waals surface area contributed by atoms with Gasteiger partial charge in [-0.05, 0) is 62.4 Å². The Bertz CT molecular complexity index is 1370. The van der Waals surface area contributed by atoms with E-state index in [2.05, 4.69) is 5.32 Å². The molecule has 214 valence electrons. The van der Waals surface area contributed by atoms with Crippen LogP contribution >= 0.6 is 0 Å². The van der Waals surface area contributed by atoms with Crippen molar-refractivity contribution < 1.29 is 18.0 Å². The average molecular weight is 564 g/mol. The molecular formula is C32H41N3O4S. The molecule has 2 amide bonds. The minimum atomic E-state index is -4.10. The predicted octanol–water partition coefficient (Wildman–Crippen LogP) is 5.47. The standard InChI is InChI=1S/C32H41N3O4S/c1-6-25(5)33-32(37)29(8-3)34(22-26-14-10-9-11-15-26)31(36)23-35(30-17-13-12-16-27(30)7-2)40(38,39)28-20-18-24(4)19-21-28/h9-21,25,29H,6-8,22-23H2,1-5H3,(H,33,37)/t25-,29+/m1/s1. The van der Waals surface area contributed by atoms with E-state index in [9.17, 15) is 18.0 Å². The first kappa shape index (κ1) is 30.9. The molecular weight excluding hydrogens is 522 g/mol. The Morgan fingerprint density at radius 1 is 0.850 bits per heavy atom. The third-order valence-corrected chi connectivity index (χ3v) is 8.89. The molecule has 40 heavy (non-hydrogen) atoms. The lowest BCUT2D eigenvalue weighted by molar-refractivity contribution is -0.140. The summed E-state index contributed by atoms with van der Waals surface area (Å²) in [6, 6.07) is 22.5. The Balaban J connectivity index is 2.08. The van der Waals surface area contributed by atoms with E-state index in [1.54, 1.807) is 36.4 Å². The first-order chi connectivity index (χ1) is 19.1. The Kier molecular flexibility index (Phi) is 10.9. The Hall–Kier alpha value is -3.65. The summed E-state index contributed by atoms with van der Waals surface area (Å²) in [4.78, 5) is 29.1. The highest BCUT2D eigenvalue weighted by Gasteiger charge is 2.34. The molecule has 0 aliphatic carbocycles. The van der Waals surface area contributed by atoms with Crippen LogP contribution in [0.1, 0.15) is 57.2 Å². The maximum Gasteiger partial charge on any atom is 0.264 e. The lowest BCUT2D eigenvalue weighted by atomic mass is 10.1. The summed E-state index contributed by atoms with van der Waals surface area (Å²) < 4.78 is 29.3. The third-order valence-electron chi connectivity index (χ3n) is 7.11. The molecule has 0 aliphatic heterocycles. The number of hydrogen-bond acceptors (Lipinski definition) is 4. The summed E-state index contributed by atoms with van der Waals surface area (Å²) >= 11 is 0. The second-order valence-electron chi connectivity index (χ2n) is 10.1. The number of carbonyl (C=O) groups is 2. The van der Waals surface area contributed by atoms with Crippen LogP contribution in [0.3, 0.4) is 0 Å². The smallest absolute Gasteiger partial charge is 0.264 e. The highest BCUT2D eigenvalue weighted by molar-refractivity contribution is 7.92.